The van der Waals surface area contributed by atoms with E-state index in [0.29, 0.717) is 11.6 Å². The average Bonchev–Trinajstić information content (AvgIpc) is 3.14. The van der Waals surface area contributed by atoms with E-state index >= 15 is 0 Å². The molecule has 0 amide bonds. The maximum Gasteiger partial charge on any atom is 0.0589 e. The van der Waals surface area contributed by atoms with E-state index in [1.165, 1.54) is 32.2 Å². The van der Waals surface area contributed by atoms with Crippen molar-refractivity contribution in [1.29, 1.82) is 0 Å². The molecule has 1 heterocycles. The highest BCUT2D eigenvalue weighted by atomic mass is 16.5. The third-order valence-electron chi connectivity index (χ3n) is 4.47. The van der Waals surface area contributed by atoms with Crippen molar-refractivity contribution in [2.24, 2.45) is 5.92 Å². The zero-order valence-electron chi connectivity index (χ0n) is 11.7. The molecule has 0 radical (unpaired) electrons. The Kier molecular flexibility index (Phi) is 4.45. The molecule has 1 aliphatic carbocycles. The summed E-state index contributed by atoms with van der Waals surface area (Å²) >= 11 is 0. The topological polar surface area (TPSA) is 24.5 Å². The molecule has 2 rings (SSSR count). The zero-order chi connectivity index (χ0) is 12.3. The van der Waals surface area contributed by atoms with Gasteiger partial charge in [-0.2, -0.15) is 0 Å². The third kappa shape index (κ3) is 3.21. The molecule has 0 aromatic carbocycles. The van der Waals surface area contributed by atoms with Gasteiger partial charge in [0.25, 0.3) is 0 Å². The van der Waals surface area contributed by atoms with Crippen LogP contribution in [-0.2, 0) is 4.74 Å². The summed E-state index contributed by atoms with van der Waals surface area (Å²) in [6, 6.07) is 0.710. The molecule has 0 aromatic heterocycles. The molecule has 0 spiro atoms. The number of hydrogen-bond donors (Lipinski definition) is 1. The molecule has 2 fully saturated rings. The maximum atomic E-state index is 5.25. The maximum absolute atomic E-state index is 5.25. The van der Waals surface area contributed by atoms with E-state index in [9.17, 15) is 0 Å². The largest absolute Gasteiger partial charge is 0.383 e. The minimum Gasteiger partial charge on any atom is -0.383 e. The summed E-state index contributed by atoms with van der Waals surface area (Å²) < 4.78 is 5.25. The second-order valence-corrected chi connectivity index (χ2v) is 5.98. The Morgan fingerprint density at radius 3 is 2.76 bits per heavy atom. The van der Waals surface area contributed by atoms with Crippen LogP contribution in [0.2, 0.25) is 0 Å². The van der Waals surface area contributed by atoms with Crippen molar-refractivity contribution in [3.8, 4) is 0 Å². The summed E-state index contributed by atoms with van der Waals surface area (Å²) in [4.78, 5) is 2.65. The van der Waals surface area contributed by atoms with E-state index in [1.807, 2.05) is 0 Å². The highest BCUT2D eigenvalue weighted by Crippen LogP contribution is 2.41. The fraction of sp³-hybridized carbons (Fsp3) is 1.00. The van der Waals surface area contributed by atoms with Crippen LogP contribution in [0.5, 0.6) is 0 Å². The van der Waals surface area contributed by atoms with Gasteiger partial charge >= 0.3 is 0 Å². The van der Waals surface area contributed by atoms with E-state index < -0.39 is 0 Å². The van der Waals surface area contributed by atoms with E-state index in [0.717, 1.165) is 25.6 Å². The molecule has 2 atom stereocenters. The van der Waals surface area contributed by atoms with Crippen LogP contribution < -0.4 is 5.32 Å². The number of piperazine rings is 1. The molecule has 1 saturated heterocycles. The normalized spacial score (nSPS) is 35.1. The zero-order valence-corrected chi connectivity index (χ0v) is 11.7. The molecular formula is C14H28N2O. The van der Waals surface area contributed by atoms with Crippen molar-refractivity contribution in [2.75, 3.05) is 33.4 Å². The number of hydrogen-bond acceptors (Lipinski definition) is 3. The average molecular weight is 240 g/mol. The van der Waals surface area contributed by atoms with Crippen LogP contribution in [-0.4, -0.2) is 49.8 Å². The van der Waals surface area contributed by atoms with Crippen molar-refractivity contribution in [3.05, 3.63) is 0 Å². The van der Waals surface area contributed by atoms with E-state index in [-0.39, 0.29) is 0 Å². The van der Waals surface area contributed by atoms with Crippen LogP contribution in [0.1, 0.15) is 39.5 Å². The minimum absolute atomic E-state index is 0.359. The molecule has 1 saturated carbocycles. The summed E-state index contributed by atoms with van der Waals surface area (Å²) in [6.45, 7) is 9.00. The highest BCUT2D eigenvalue weighted by molar-refractivity contribution is 5.03. The first-order valence-corrected chi connectivity index (χ1v) is 7.17. The van der Waals surface area contributed by atoms with Crippen molar-refractivity contribution in [1.82, 2.24) is 10.2 Å². The Morgan fingerprint density at radius 2 is 2.18 bits per heavy atom. The molecule has 2 aliphatic rings. The van der Waals surface area contributed by atoms with Gasteiger partial charge in [-0.15, -0.1) is 0 Å². The van der Waals surface area contributed by atoms with E-state index in [2.05, 4.69) is 24.1 Å². The van der Waals surface area contributed by atoms with Gasteiger partial charge < -0.3 is 10.1 Å². The van der Waals surface area contributed by atoms with Crippen LogP contribution in [0, 0.1) is 5.92 Å². The lowest BCUT2D eigenvalue weighted by Gasteiger charge is -2.46. The van der Waals surface area contributed by atoms with Gasteiger partial charge in [0.15, 0.2) is 0 Å². The summed E-state index contributed by atoms with van der Waals surface area (Å²) in [5, 5.41) is 3.82. The fourth-order valence-corrected chi connectivity index (χ4v) is 3.17. The highest BCUT2D eigenvalue weighted by Gasteiger charge is 2.45. The van der Waals surface area contributed by atoms with Gasteiger partial charge in [0.1, 0.15) is 0 Å². The second-order valence-electron chi connectivity index (χ2n) is 5.98. The lowest BCUT2D eigenvalue weighted by molar-refractivity contribution is 0.0467. The molecule has 0 aromatic rings. The van der Waals surface area contributed by atoms with Crippen LogP contribution in [0.4, 0.5) is 0 Å². The van der Waals surface area contributed by atoms with Gasteiger partial charge in [-0.3, -0.25) is 4.90 Å². The first-order valence-electron chi connectivity index (χ1n) is 7.17. The Morgan fingerprint density at radius 1 is 1.41 bits per heavy atom. The molecule has 1 N–H and O–H groups in total. The summed E-state index contributed by atoms with van der Waals surface area (Å²) in [5.74, 6) is 0.912. The molecule has 1 aliphatic heterocycles. The minimum atomic E-state index is 0.359. The lowest BCUT2D eigenvalue weighted by atomic mass is 9.90. The van der Waals surface area contributed by atoms with Crippen molar-refractivity contribution in [3.63, 3.8) is 0 Å². The van der Waals surface area contributed by atoms with Crippen molar-refractivity contribution in [2.45, 2.75) is 51.1 Å². The Labute approximate surface area is 106 Å². The van der Waals surface area contributed by atoms with Crippen LogP contribution in [0.15, 0.2) is 0 Å². The quantitative estimate of drug-likeness (QED) is 0.767. The predicted octanol–water partition coefficient (Wildman–Crippen LogP) is 1.88. The molecular weight excluding hydrogens is 212 g/mol. The molecule has 17 heavy (non-hydrogen) atoms. The van der Waals surface area contributed by atoms with Crippen LogP contribution in [0.25, 0.3) is 0 Å². The standard InChI is InChI=1S/C14H28N2O/c1-4-5-13-10-15-14(2,12-6-7-12)11-16(13)8-9-17-3/h12-13,15H,4-11H2,1-3H3. The molecule has 0 bridgehead atoms. The number of methoxy groups -OCH3 is 1. The second kappa shape index (κ2) is 5.68. The van der Waals surface area contributed by atoms with Gasteiger partial charge in [0.05, 0.1) is 6.61 Å². The molecule has 3 heteroatoms. The van der Waals surface area contributed by atoms with Crippen LogP contribution >= 0.6 is 0 Å². The number of nitrogens with zero attached hydrogens (tertiary/aromatic N) is 1. The SMILES string of the molecule is CCCC1CNC(C)(C2CC2)CN1CCOC. The van der Waals surface area contributed by atoms with Gasteiger partial charge in [-0.25, -0.2) is 0 Å². The van der Waals surface area contributed by atoms with Gasteiger partial charge in [0, 0.05) is 38.3 Å². The summed E-state index contributed by atoms with van der Waals surface area (Å²) in [5.41, 5.74) is 0.359. The van der Waals surface area contributed by atoms with E-state index in [1.54, 1.807) is 7.11 Å². The first-order chi connectivity index (χ1) is 8.19. The van der Waals surface area contributed by atoms with Crippen LogP contribution in [0.3, 0.4) is 0 Å². The molecule has 100 valence electrons. The Hall–Kier alpha value is -0.120. The monoisotopic (exact) mass is 240 g/mol. The Bertz CT molecular complexity index is 242. The predicted molar refractivity (Wildman–Crippen MR) is 71.3 cm³/mol. The Balaban J connectivity index is 1.93. The smallest absolute Gasteiger partial charge is 0.0589 e. The third-order valence-corrected chi connectivity index (χ3v) is 4.47. The van der Waals surface area contributed by atoms with E-state index in [4.69, 9.17) is 4.74 Å². The summed E-state index contributed by atoms with van der Waals surface area (Å²) in [6.07, 6.45) is 5.41. The van der Waals surface area contributed by atoms with Gasteiger partial charge in [0.2, 0.25) is 0 Å². The first kappa shape index (κ1) is 13.3. The van der Waals surface area contributed by atoms with Crippen molar-refractivity contribution < 1.29 is 4.74 Å². The lowest BCUT2D eigenvalue weighted by Crippen LogP contribution is -2.64. The number of ether oxygens (including phenoxy) is 1. The molecule has 2 unspecified atom stereocenters. The number of rotatable bonds is 6. The number of nitrogens with one attached hydrogen (secondary N) is 1. The van der Waals surface area contributed by atoms with Gasteiger partial charge in [-0.1, -0.05) is 13.3 Å². The molecule has 3 nitrogen and oxygen atoms in total. The summed E-state index contributed by atoms with van der Waals surface area (Å²) in [7, 11) is 1.80. The van der Waals surface area contributed by atoms with Gasteiger partial charge in [-0.05, 0) is 32.1 Å². The van der Waals surface area contributed by atoms with Crippen molar-refractivity contribution >= 4 is 0 Å². The fourth-order valence-electron chi connectivity index (χ4n) is 3.17.